The van der Waals surface area contributed by atoms with E-state index < -0.39 is 11.5 Å². The van der Waals surface area contributed by atoms with Crippen LogP contribution in [0, 0.1) is 0 Å². The molecule has 0 aliphatic carbocycles. The summed E-state index contributed by atoms with van der Waals surface area (Å²) in [7, 11) is 1.40. The molecule has 9 heavy (non-hydrogen) atoms. The minimum atomic E-state index is -0.950. The van der Waals surface area contributed by atoms with Crippen molar-refractivity contribution < 1.29 is 14.7 Å². The molecule has 0 aromatic carbocycles. The maximum Gasteiger partial charge on any atom is 0.274 e. The fourth-order valence-electron chi connectivity index (χ4n) is 0.227. The second kappa shape index (κ2) is 2.80. The van der Waals surface area contributed by atoms with Crippen molar-refractivity contribution in [2.75, 3.05) is 7.11 Å². The monoisotopic (exact) mass is 133 g/mol. The number of hydroxylamine groups is 1. The molecule has 2 N–H and O–H groups in total. The van der Waals surface area contributed by atoms with Crippen LogP contribution in [0.4, 0.5) is 0 Å². The smallest absolute Gasteiger partial charge is 0.274 e. The van der Waals surface area contributed by atoms with Crippen LogP contribution in [-0.4, -0.2) is 23.8 Å². The van der Waals surface area contributed by atoms with Gasteiger partial charge in [-0.25, -0.2) is 5.48 Å². The van der Waals surface area contributed by atoms with Crippen LogP contribution in [-0.2, 0) is 9.53 Å². The third kappa shape index (κ3) is 1.99. The highest BCUT2D eigenvalue weighted by Gasteiger charge is 2.25. The van der Waals surface area contributed by atoms with E-state index in [4.69, 9.17) is 9.94 Å². The van der Waals surface area contributed by atoms with Crippen LogP contribution in [0.3, 0.4) is 0 Å². The highest BCUT2D eigenvalue weighted by molar-refractivity contribution is 5.83. The van der Waals surface area contributed by atoms with Crippen molar-refractivity contribution in [2.24, 2.45) is 0 Å². The SMILES string of the molecule is COC(C)(C)C(=O)NO. The molecule has 4 heteroatoms. The molecule has 0 atom stereocenters. The van der Waals surface area contributed by atoms with Crippen LogP contribution >= 0.6 is 0 Å². The van der Waals surface area contributed by atoms with Crippen molar-refractivity contribution in [3.05, 3.63) is 0 Å². The summed E-state index contributed by atoms with van der Waals surface area (Å²) in [6.45, 7) is 3.11. The molecular formula is C5H11NO3. The first kappa shape index (κ1) is 8.39. The first-order valence-electron chi connectivity index (χ1n) is 2.54. The van der Waals surface area contributed by atoms with Crippen molar-refractivity contribution in [1.29, 1.82) is 0 Å². The largest absolute Gasteiger partial charge is 0.369 e. The van der Waals surface area contributed by atoms with Gasteiger partial charge in [-0.1, -0.05) is 0 Å². The van der Waals surface area contributed by atoms with E-state index in [1.54, 1.807) is 13.8 Å². The number of carbonyl (C=O) groups is 1. The summed E-state index contributed by atoms with van der Waals surface area (Å²) in [4.78, 5) is 10.6. The molecule has 0 saturated heterocycles. The zero-order valence-electron chi connectivity index (χ0n) is 5.76. The van der Waals surface area contributed by atoms with Gasteiger partial charge in [-0.05, 0) is 13.8 Å². The molecule has 0 aliphatic heterocycles. The molecule has 0 heterocycles. The fourth-order valence-corrected chi connectivity index (χ4v) is 0.227. The number of amides is 1. The summed E-state index contributed by atoms with van der Waals surface area (Å²) in [5.41, 5.74) is 0.543. The van der Waals surface area contributed by atoms with Crippen molar-refractivity contribution >= 4 is 5.91 Å². The lowest BCUT2D eigenvalue weighted by molar-refractivity contribution is -0.148. The fraction of sp³-hybridized carbons (Fsp3) is 0.800. The van der Waals surface area contributed by atoms with Crippen LogP contribution < -0.4 is 5.48 Å². The Morgan fingerprint density at radius 2 is 2.11 bits per heavy atom. The maximum atomic E-state index is 10.6. The number of hydrogen-bond donors (Lipinski definition) is 2. The molecule has 0 rings (SSSR count). The molecule has 4 nitrogen and oxygen atoms in total. The number of methoxy groups -OCH3 is 1. The summed E-state index contributed by atoms with van der Waals surface area (Å²) in [5, 5.41) is 8.12. The first-order valence-corrected chi connectivity index (χ1v) is 2.54. The number of hydrogen-bond acceptors (Lipinski definition) is 3. The Balaban J connectivity index is 3.97. The second-order valence-electron chi connectivity index (χ2n) is 2.16. The van der Waals surface area contributed by atoms with E-state index in [1.807, 2.05) is 0 Å². The minimum Gasteiger partial charge on any atom is -0.369 e. The molecule has 0 aromatic heterocycles. The van der Waals surface area contributed by atoms with Crippen LogP contribution in [0.5, 0.6) is 0 Å². The van der Waals surface area contributed by atoms with Gasteiger partial charge in [0.25, 0.3) is 5.91 Å². The van der Waals surface area contributed by atoms with Crippen molar-refractivity contribution in [2.45, 2.75) is 19.4 Å². The van der Waals surface area contributed by atoms with Gasteiger partial charge >= 0.3 is 0 Å². The molecule has 0 radical (unpaired) electrons. The molecule has 0 spiro atoms. The Morgan fingerprint density at radius 1 is 1.67 bits per heavy atom. The molecule has 1 amide bonds. The van der Waals surface area contributed by atoms with E-state index in [2.05, 4.69) is 0 Å². The van der Waals surface area contributed by atoms with E-state index in [1.165, 1.54) is 12.6 Å². The molecule has 0 unspecified atom stereocenters. The summed E-state index contributed by atoms with van der Waals surface area (Å²) >= 11 is 0. The van der Waals surface area contributed by atoms with E-state index in [-0.39, 0.29) is 0 Å². The summed E-state index contributed by atoms with van der Waals surface area (Å²) in [5.74, 6) is -0.551. The Morgan fingerprint density at radius 3 is 2.22 bits per heavy atom. The molecule has 0 bridgehead atoms. The molecule has 54 valence electrons. The van der Waals surface area contributed by atoms with Crippen molar-refractivity contribution in [3.63, 3.8) is 0 Å². The van der Waals surface area contributed by atoms with Gasteiger partial charge in [0.2, 0.25) is 0 Å². The molecular weight excluding hydrogens is 122 g/mol. The summed E-state index contributed by atoms with van der Waals surface area (Å²) < 4.78 is 4.72. The highest BCUT2D eigenvalue weighted by atomic mass is 16.5. The van der Waals surface area contributed by atoms with Crippen LogP contribution in [0.25, 0.3) is 0 Å². The predicted octanol–water partition coefficient (Wildman–Crippen LogP) is -0.0832. The lowest BCUT2D eigenvalue weighted by atomic mass is 10.1. The summed E-state index contributed by atoms with van der Waals surface area (Å²) in [6.07, 6.45) is 0. The third-order valence-corrected chi connectivity index (χ3v) is 1.16. The summed E-state index contributed by atoms with van der Waals surface area (Å²) in [6, 6.07) is 0. The van der Waals surface area contributed by atoms with Crippen LogP contribution in [0.2, 0.25) is 0 Å². The quantitative estimate of drug-likeness (QED) is 0.409. The van der Waals surface area contributed by atoms with Crippen LogP contribution in [0.1, 0.15) is 13.8 Å². The number of rotatable bonds is 2. The van der Waals surface area contributed by atoms with Gasteiger partial charge in [-0.3, -0.25) is 10.0 Å². The average Bonchev–Trinajstić information content (AvgIpc) is 1.86. The van der Waals surface area contributed by atoms with Gasteiger partial charge in [-0.2, -0.15) is 0 Å². The van der Waals surface area contributed by atoms with Crippen molar-refractivity contribution in [3.8, 4) is 0 Å². The Hall–Kier alpha value is -0.610. The van der Waals surface area contributed by atoms with Gasteiger partial charge in [0.05, 0.1) is 0 Å². The van der Waals surface area contributed by atoms with Crippen molar-refractivity contribution in [1.82, 2.24) is 5.48 Å². The lowest BCUT2D eigenvalue weighted by Crippen LogP contribution is -2.41. The number of ether oxygens (including phenoxy) is 1. The Labute approximate surface area is 53.8 Å². The van der Waals surface area contributed by atoms with E-state index in [0.29, 0.717) is 0 Å². The zero-order valence-corrected chi connectivity index (χ0v) is 5.76. The first-order chi connectivity index (χ1) is 4.04. The van der Waals surface area contributed by atoms with E-state index in [0.717, 1.165) is 0 Å². The zero-order chi connectivity index (χ0) is 7.49. The van der Waals surface area contributed by atoms with Gasteiger partial charge < -0.3 is 4.74 Å². The molecule has 0 aliphatic rings. The molecule has 0 aromatic rings. The molecule has 0 saturated carbocycles. The normalized spacial score (nSPS) is 11.1. The van der Waals surface area contributed by atoms with Gasteiger partial charge in [0.1, 0.15) is 5.60 Å². The van der Waals surface area contributed by atoms with Crippen LogP contribution in [0.15, 0.2) is 0 Å². The number of carbonyl (C=O) groups excluding carboxylic acids is 1. The van der Waals surface area contributed by atoms with Gasteiger partial charge in [0, 0.05) is 7.11 Å². The topological polar surface area (TPSA) is 58.6 Å². The predicted molar refractivity (Wildman–Crippen MR) is 31.0 cm³/mol. The molecule has 0 fully saturated rings. The van der Waals surface area contributed by atoms with E-state index in [9.17, 15) is 4.79 Å². The van der Waals surface area contributed by atoms with E-state index >= 15 is 0 Å². The second-order valence-corrected chi connectivity index (χ2v) is 2.16. The third-order valence-electron chi connectivity index (χ3n) is 1.16. The number of nitrogens with one attached hydrogen (secondary N) is 1. The maximum absolute atomic E-state index is 10.6. The standard InChI is InChI=1S/C5H11NO3/c1-5(2,9-3)4(7)6-8/h8H,1-3H3,(H,6,7). The lowest BCUT2D eigenvalue weighted by Gasteiger charge is -2.18. The highest BCUT2D eigenvalue weighted by Crippen LogP contribution is 2.05. The minimum absolute atomic E-state index is 0.551. The Bertz CT molecular complexity index is 111. The van der Waals surface area contributed by atoms with Gasteiger partial charge in [0.15, 0.2) is 0 Å². The Kier molecular flexibility index (Phi) is 2.61. The average molecular weight is 133 g/mol. The van der Waals surface area contributed by atoms with Gasteiger partial charge in [-0.15, -0.1) is 0 Å².